The Morgan fingerprint density at radius 1 is 1.12 bits per heavy atom. The van der Waals surface area contributed by atoms with E-state index in [-0.39, 0.29) is 24.2 Å². The monoisotopic (exact) mass is 343 g/mol. The summed E-state index contributed by atoms with van der Waals surface area (Å²) >= 11 is 0. The zero-order valence-corrected chi connectivity index (χ0v) is 15.0. The van der Waals surface area contributed by atoms with E-state index in [1.165, 1.54) is 24.3 Å². The fourth-order valence-electron chi connectivity index (χ4n) is 2.89. The molecule has 1 amide bonds. The number of nitrogens with one attached hydrogen (secondary N) is 1. The van der Waals surface area contributed by atoms with Crippen LogP contribution in [-0.4, -0.2) is 17.6 Å². The molecule has 4 heteroatoms. The first-order chi connectivity index (χ1) is 11.8. The van der Waals surface area contributed by atoms with Crippen molar-refractivity contribution in [2.75, 3.05) is 6.54 Å². The Kier molecular flexibility index (Phi) is 6.32. The van der Waals surface area contributed by atoms with Crippen molar-refractivity contribution in [1.82, 2.24) is 5.32 Å². The van der Waals surface area contributed by atoms with E-state index in [9.17, 15) is 14.3 Å². The molecule has 0 aliphatic heterocycles. The molecule has 3 nitrogen and oxygen atoms in total. The Labute approximate surface area is 148 Å². The molecular formula is C21H26FNO2. The first-order valence-corrected chi connectivity index (χ1v) is 8.59. The third kappa shape index (κ3) is 5.40. The first kappa shape index (κ1) is 19.1. The van der Waals surface area contributed by atoms with Gasteiger partial charge in [-0.1, -0.05) is 56.3 Å². The number of carbonyl (C=O) groups is 1. The Morgan fingerprint density at radius 3 is 2.28 bits per heavy atom. The van der Waals surface area contributed by atoms with Gasteiger partial charge >= 0.3 is 0 Å². The lowest BCUT2D eigenvalue weighted by Crippen LogP contribution is -2.39. The van der Waals surface area contributed by atoms with E-state index in [0.717, 1.165) is 5.56 Å². The molecule has 2 aromatic carbocycles. The fourth-order valence-corrected chi connectivity index (χ4v) is 2.89. The summed E-state index contributed by atoms with van der Waals surface area (Å²) in [6.45, 7) is 5.88. The summed E-state index contributed by atoms with van der Waals surface area (Å²) in [6.07, 6.45) is 0.362. The molecule has 0 spiro atoms. The molecule has 2 aromatic rings. The Hall–Kier alpha value is -2.20. The summed E-state index contributed by atoms with van der Waals surface area (Å²) in [5.74, 6) is -0.0149. The van der Waals surface area contributed by atoms with E-state index in [2.05, 4.69) is 19.2 Å². The molecule has 0 aliphatic rings. The highest BCUT2D eigenvalue weighted by Crippen LogP contribution is 2.28. The van der Waals surface area contributed by atoms with Crippen LogP contribution in [0.4, 0.5) is 4.39 Å². The van der Waals surface area contributed by atoms with E-state index >= 15 is 0 Å². The van der Waals surface area contributed by atoms with Crippen LogP contribution in [0.2, 0.25) is 0 Å². The molecule has 2 atom stereocenters. The number of halogens is 1. The molecule has 0 heterocycles. The molecule has 0 bridgehead atoms. The van der Waals surface area contributed by atoms with Crippen LogP contribution in [0.25, 0.3) is 0 Å². The van der Waals surface area contributed by atoms with Gasteiger partial charge in [-0.2, -0.15) is 0 Å². The van der Waals surface area contributed by atoms with Gasteiger partial charge in [-0.25, -0.2) is 4.39 Å². The molecule has 0 saturated carbocycles. The predicted octanol–water partition coefficient (Wildman–Crippen LogP) is 3.98. The van der Waals surface area contributed by atoms with Gasteiger partial charge in [0.2, 0.25) is 5.91 Å². The van der Waals surface area contributed by atoms with Crippen molar-refractivity contribution in [3.8, 4) is 0 Å². The molecule has 0 radical (unpaired) electrons. The highest BCUT2D eigenvalue weighted by molar-refractivity contribution is 5.77. The number of benzene rings is 2. The van der Waals surface area contributed by atoms with E-state index in [1.54, 1.807) is 6.92 Å². The molecule has 2 N–H and O–H groups in total. The van der Waals surface area contributed by atoms with Gasteiger partial charge in [0.15, 0.2) is 0 Å². The summed E-state index contributed by atoms with van der Waals surface area (Å²) < 4.78 is 13.0. The molecule has 134 valence electrons. The summed E-state index contributed by atoms with van der Waals surface area (Å²) in [7, 11) is 0. The van der Waals surface area contributed by atoms with Gasteiger partial charge in [0.05, 0.1) is 6.54 Å². The van der Waals surface area contributed by atoms with Gasteiger partial charge in [-0.05, 0) is 42.0 Å². The van der Waals surface area contributed by atoms with Gasteiger partial charge in [0, 0.05) is 6.42 Å². The highest BCUT2D eigenvalue weighted by atomic mass is 19.1. The van der Waals surface area contributed by atoms with E-state index in [4.69, 9.17) is 0 Å². The largest absolute Gasteiger partial charge is 0.384 e. The van der Waals surface area contributed by atoms with Gasteiger partial charge in [-0.15, -0.1) is 0 Å². The average molecular weight is 343 g/mol. The van der Waals surface area contributed by atoms with E-state index in [1.807, 2.05) is 30.3 Å². The van der Waals surface area contributed by atoms with Crippen molar-refractivity contribution < 1.29 is 14.3 Å². The third-order valence-electron chi connectivity index (χ3n) is 4.53. The van der Waals surface area contributed by atoms with Crippen molar-refractivity contribution in [3.63, 3.8) is 0 Å². The second-order valence-electron chi connectivity index (χ2n) is 7.02. The maximum Gasteiger partial charge on any atom is 0.220 e. The second kappa shape index (κ2) is 8.26. The lowest BCUT2D eigenvalue weighted by molar-refractivity contribution is -0.122. The highest BCUT2D eigenvalue weighted by Gasteiger charge is 2.25. The molecule has 0 fully saturated rings. The van der Waals surface area contributed by atoms with Crippen LogP contribution >= 0.6 is 0 Å². The summed E-state index contributed by atoms with van der Waals surface area (Å²) in [5.41, 5.74) is 0.458. The summed E-state index contributed by atoms with van der Waals surface area (Å²) in [6, 6.07) is 15.6. The van der Waals surface area contributed by atoms with Gasteiger partial charge < -0.3 is 10.4 Å². The van der Waals surface area contributed by atoms with Crippen molar-refractivity contribution >= 4 is 5.91 Å². The number of hydrogen-bond acceptors (Lipinski definition) is 2. The topological polar surface area (TPSA) is 49.3 Å². The van der Waals surface area contributed by atoms with Crippen molar-refractivity contribution in [2.45, 2.75) is 38.7 Å². The molecule has 2 rings (SSSR count). The average Bonchev–Trinajstić information content (AvgIpc) is 2.59. The van der Waals surface area contributed by atoms with E-state index in [0.29, 0.717) is 17.9 Å². The zero-order chi connectivity index (χ0) is 18.4. The zero-order valence-electron chi connectivity index (χ0n) is 15.0. The van der Waals surface area contributed by atoms with Crippen LogP contribution in [-0.2, 0) is 10.4 Å². The van der Waals surface area contributed by atoms with Crippen LogP contribution in [0.15, 0.2) is 54.6 Å². The number of aliphatic hydroxyl groups is 1. The number of rotatable bonds is 7. The van der Waals surface area contributed by atoms with Crippen LogP contribution in [0.5, 0.6) is 0 Å². The number of hydrogen-bond donors (Lipinski definition) is 2. The summed E-state index contributed by atoms with van der Waals surface area (Å²) in [5, 5.41) is 13.4. The predicted molar refractivity (Wildman–Crippen MR) is 97.6 cm³/mol. The SMILES string of the molecule is CC(C)C(CC(=O)NCC(C)(O)c1ccc(F)cc1)c1ccccc1. The minimum atomic E-state index is -1.25. The van der Waals surface area contributed by atoms with Crippen molar-refractivity contribution in [1.29, 1.82) is 0 Å². The smallest absolute Gasteiger partial charge is 0.220 e. The van der Waals surface area contributed by atoms with Crippen LogP contribution in [0, 0.1) is 11.7 Å². The maximum absolute atomic E-state index is 13.0. The third-order valence-corrected chi connectivity index (χ3v) is 4.53. The van der Waals surface area contributed by atoms with Crippen LogP contribution in [0.3, 0.4) is 0 Å². The molecule has 0 aliphatic carbocycles. The van der Waals surface area contributed by atoms with E-state index < -0.39 is 5.60 Å². The molecule has 2 unspecified atom stereocenters. The maximum atomic E-state index is 13.0. The number of amides is 1. The van der Waals surface area contributed by atoms with Gasteiger partial charge in [0.1, 0.15) is 11.4 Å². The molecule has 0 saturated heterocycles. The second-order valence-corrected chi connectivity index (χ2v) is 7.02. The molecule has 25 heavy (non-hydrogen) atoms. The number of carbonyl (C=O) groups excluding carboxylic acids is 1. The minimum absolute atomic E-state index is 0.0804. The molecule has 0 aromatic heterocycles. The summed E-state index contributed by atoms with van der Waals surface area (Å²) in [4.78, 5) is 12.4. The minimum Gasteiger partial charge on any atom is -0.384 e. The Morgan fingerprint density at radius 2 is 1.72 bits per heavy atom. The quantitative estimate of drug-likeness (QED) is 0.799. The normalized spacial score (nSPS) is 14.8. The standard InChI is InChI=1S/C21H26FNO2/c1-15(2)19(16-7-5-4-6-8-16)13-20(24)23-14-21(3,25)17-9-11-18(22)12-10-17/h4-12,15,19,25H,13-14H2,1-3H3,(H,23,24). The van der Waals surface area contributed by atoms with Gasteiger partial charge in [0.25, 0.3) is 0 Å². The fraction of sp³-hybridized carbons (Fsp3) is 0.381. The molecular weight excluding hydrogens is 317 g/mol. The van der Waals surface area contributed by atoms with Gasteiger partial charge in [-0.3, -0.25) is 4.79 Å². The van der Waals surface area contributed by atoms with Crippen LogP contribution in [0.1, 0.15) is 44.2 Å². The first-order valence-electron chi connectivity index (χ1n) is 8.59. The van der Waals surface area contributed by atoms with Crippen molar-refractivity contribution in [2.24, 2.45) is 5.92 Å². The van der Waals surface area contributed by atoms with Crippen LogP contribution < -0.4 is 5.32 Å². The Bertz CT molecular complexity index is 681. The lowest BCUT2D eigenvalue weighted by atomic mass is 9.85. The van der Waals surface area contributed by atoms with Crippen molar-refractivity contribution in [3.05, 3.63) is 71.5 Å². The Balaban J connectivity index is 1.98. The lowest BCUT2D eigenvalue weighted by Gasteiger charge is -2.26.